The smallest absolute Gasteiger partial charge is 0.407 e. The summed E-state index contributed by atoms with van der Waals surface area (Å²) in [5, 5.41) is 6.13. The van der Waals surface area contributed by atoms with Crippen LogP contribution in [0.4, 0.5) is 9.93 Å². The number of aromatic nitrogens is 1. The summed E-state index contributed by atoms with van der Waals surface area (Å²) in [4.78, 5) is 27.7. The summed E-state index contributed by atoms with van der Waals surface area (Å²) < 4.78 is 4.39. The van der Waals surface area contributed by atoms with Crippen LogP contribution in [0, 0.1) is 6.92 Å². The van der Waals surface area contributed by atoms with Crippen molar-refractivity contribution in [3.63, 3.8) is 0 Å². The molecular formula is C15H16ClN3O3S. The summed E-state index contributed by atoms with van der Waals surface area (Å²) in [7, 11) is 1.23. The fourth-order valence-corrected chi connectivity index (χ4v) is 2.85. The van der Waals surface area contributed by atoms with Gasteiger partial charge in [-0.15, -0.1) is 11.3 Å². The lowest BCUT2D eigenvalue weighted by atomic mass is 10.1. The number of ether oxygens (including phenoxy) is 1. The van der Waals surface area contributed by atoms with Gasteiger partial charge in [0.25, 0.3) is 0 Å². The first-order valence-corrected chi connectivity index (χ1v) is 7.99. The number of amides is 2. The monoisotopic (exact) mass is 353 g/mol. The van der Waals surface area contributed by atoms with Crippen LogP contribution < -0.4 is 10.6 Å². The molecule has 0 saturated heterocycles. The zero-order valence-corrected chi connectivity index (χ0v) is 14.3. The van der Waals surface area contributed by atoms with Gasteiger partial charge in [0.05, 0.1) is 7.11 Å². The topological polar surface area (TPSA) is 80.3 Å². The second-order valence-electron chi connectivity index (χ2n) is 4.79. The standard InChI is InChI=1S/C15H16ClN3O3S/c1-9-3-4-10(6-12(9)16)5-11-7-17-14(23-11)19-13(20)8-18-15(21)22-2/h3-4,6-7H,5,8H2,1-2H3,(H,18,21)(H,17,19,20). The molecule has 2 aromatic rings. The predicted octanol–water partition coefficient (Wildman–Crippen LogP) is 2.99. The molecule has 6 nitrogen and oxygen atoms in total. The molecule has 0 atom stereocenters. The van der Waals surface area contributed by atoms with E-state index in [2.05, 4.69) is 20.4 Å². The average molecular weight is 354 g/mol. The van der Waals surface area contributed by atoms with Gasteiger partial charge in [-0.2, -0.15) is 0 Å². The second-order valence-corrected chi connectivity index (χ2v) is 6.31. The van der Waals surface area contributed by atoms with Gasteiger partial charge in [0, 0.05) is 22.5 Å². The molecule has 23 heavy (non-hydrogen) atoms. The molecule has 2 rings (SSSR count). The van der Waals surface area contributed by atoms with E-state index < -0.39 is 6.09 Å². The summed E-state index contributed by atoms with van der Waals surface area (Å²) in [6.45, 7) is 1.78. The van der Waals surface area contributed by atoms with Crippen molar-refractivity contribution in [2.75, 3.05) is 19.0 Å². The van der Waals surface area contributed by atoms with E-state index in [0.29, 0.717) is 11.6 Å². The highest BCUT2D eigenvalue weighted by Crippen LogP contribution is 2.23. The van der Waals surface area contributed by atoms with Crippen LogP contribution >= 0.6 is 22.9 Å². The van der Waals surface area contributed by atoms with Gasteiger partial charge in [-0.3, -0.25) is 4.79 Å². The Morgan fingerprint density at radius 3 is 2.87 bits per heavy atom. The van der Waals surface area contributed by atoms with E-state index in [-0.39, 0.29) is 12.5 Å². The lowest BCUT2D eigenvalue weighted by Gasteiger charge is -2.03. The molecule has 1 heterocycles. The van der Waals surface area contributed by atoms with E-state index in [4.69, 9.17) is 11.6 Å². The van der Waals surface area contributed by atoms with Crippen LogP contribution in [-0.2, 0) is 16.0 Å². The van der Waals surface area contributed by atoms with E-state index in [1.807, 2.05) is 25.1 Å². The van der Waals surface area contributed by atoms with Crippen molar-refractivity contribution in [2.45, 2.75) is 13.3 Å². The highest BCUT2D eigenvalue weighted by molar-refractivity contribution is 7.15. The summed E-state index contributed by atoms with van der Waals surface area (Å²) >= 11 is 7.49. The number of hydrogen-bond donors (Lipinski definition) is 2. The summed E-state index contributed by atoms with van der Waals surface area (Å²) in [6.07, 6.45) is 1.74. The molecule has 0 spiro atoms. The molecule has 0 bridgehead atoms. The van der Waals surface area contributed by atoms with Crippen LogP contribution in [0.5, 0.6) is 0 Å². The Balaban J connectivity index is 1.91. The van der Waals surface area contributed by atoms with Gasteiger partial charge in [0.2, 0.25) is 5.91 Å². The third kappa shape index (κ3) is 5.22. The molecule has 0 aliphatic rings. The van der Waals surface area contributed by atoms with Gasteiger partial charge >= 0.3 is 6.09 Å². The van der Waals surface area contributed by atoms with Gasteiger partial charge < -0.3 is 15.4 Å². The maximum absolute atomic E-state index is 11.7. The number of anilines is 1. The first-order valence-electron chi connectivity index (χ1n) is 6.79. The molecule has 2 N–H and O–H groups in total. The van der Waals surface area contributed by atoms with Crippen LogP contribution in [0.25, 0.3) is 0 Å². The van der Waals surface area contributed by atoms with Crippen molar-refractivity contribution < 1.29 is 14.3 Å². The van der Waals surface area contributed by atoms with E-state index in [1.54, 1.807) is 6.20 Å². The Kier molecular flexibility index (Phi) is 5.95. The quantitative estimate of drug-likeness (QED) is 0.865. The molecule has 0 aliphatic heterocycles. The minimum Gasteiger partial charge on any atom is -0.453 e. The molecule has 2 amide bonds. The van der Waals surface area contributed by atoms with Crippen LogP contribution in [-0.4, -0.2) is 30.6 Å². The van der Waals surface area contributed by atoms with Crippen LogP contribution in [0.2, 0.25) is 5.02 Å². The zero-order valence-electron chi connectivity index (χ0n) is 12.7. The number of carbonyl (C=O) groups excluding carboxylic acids is 2. The molecule has 0 aliphatic carbocycles. The number of benzene rings is 1. The molecule has 1 aromatic carbocycles. The van der Waals surface area contributed by atoms with E-state index in [1.165, 1.54) is 18.4 Å². The fraction of sp³-hybridized carbons (Fsp3) is 0.267. The molecular weight excluding hydrogens is 338 g/mol. The van der Waals surface area contributed by atoms with Crippen molar-refractivity contribution >= 4 is 40.1 Å². The summed E-state index contributed by atoms with van der Waals surface area (Å²) in [5.74, 6) is -0.366. The van der Waals surface area contributed by atoms with Crippen molar-refractivity contribution in [1.82, 2.24) is 10.3 Å². The van der Waals surface area contributed by atoms with Gasteiger partial charge in [-0.25, -0.2) is 9.78 Å². The highest BCUT2D eigenvalue weighted by atomic mass is 35.5. The summed E-state index contributed by atoms with van der Waals surface area (Å²) in [6, 6.07) is 5.91. The zero-order chi connectivity index (χ0) is 16.8. The third-order valence-electron chi connectivity index (χ3n) is 2.99. The molecule has 0 saturated carbocycles. The highest BCUT2D eigenvalue weighted by Gasteiger charge is 2.09. The number of rotatable bonds is 5. The van der Waals surface area contributed by atoms with Crippen LogP contribution in [0.15, 0.2) is 24.4 Å². The number of methoxy groups -OCH3 is 1. The first kappa shape index (κ1) is 17.2. The van der Waals surface area contributed by atoms with Gasteiger partial charge in [-0.05, 0) is 24.1 Å². The molecule has 0 radical (unpaired) electrons. The Labute approximate surface area is 142 Å². The Morgan fingerprint density at radius 1 is 1.39 bits per heavy atom. The van der Waals surface area contributed by atoms with Crippen molar-refractivity contribution in [3.8, 4) is 0 Å². The molecule has 122 valence electrons. The minimum absolute atomic E-state index is 0.171. The van der Waals surface area contributed by atoms with Crippen LogP contribution in [0.3, 0.4) is 0 Å². The lowest BCUT2D eigenvalue weighted by Crippen LogP contribution is -2.32. The lowest BCUT2D eigenvalue weighted by molar-refractivity contribution is -0.115. The Bertz CT molecular complexity index is 718. The van der Waals surface area contributed by atoms with Crippen LogP contribution in [0.1, 0.15) is 16.0 Å². The van der Waals surface area contributed by atoms with E-state index >= 15 is 0 Å². The Morgan fingerprint density at radius 2 is 2.17 bits per heavy atom. The number of carbonyl (C=O) groups is 2. The van der Waals surface area contributed by atoms with Crippen molar-refractivity contribution in [2.24, 2.45) is 0 Å². The molecule has 0 unspecified atom stereocenters. The maximum atomic E-state index is 11.7. The molecule has 8 heteroatoms. The largest absolute Gasteiger partial charge is 0.453 e. The molecule has 0 fully saturated rings. The maximum Gasteiger partial charge on any atom is 0.407 e. The number of alkyl carbamates (subject to hydrolysis) is 1. The number of thiazole rings is 1. The van der Waals surface area contributed by atoms with Crippen molar-refractivity contribution in [1.29, 1.82) is 0 Å². The second kappa shape index (κ2) is 7.94. The number of nitrogens with one attached hydrogen (secondary N) is 2. The predicted molar refractivity (Wildman–Crippen MR) is 90.1 cm³/mol. The SMILES string of the molecule is COC(=O)NCC(=O)Nc1ncc(Cc2ccc(C)c(Cl)c2)s1. The van der Waals surface area contributed by atoms with E-state index in [9.17, 15) is 9.59 Å². The molecule has 1 aromatic heterocycles. The number of nitrogens with zero attached hydrogens (tertiary/aromatic N) is 1. The number of halogens is 1. The van der Waals surface area contributed by atoms with Gasteiger partial charge in [0.15, 0.2) is 5.13 Å². The average Bonchev–Trinajstić information content (AvgIpc) is 2.95. The summed E-state index contributed by atoms with van der Waals surface area (Å²) in [5.41, 5.74) is 2.11. The Hall–Kier alpha value is -2.12. The third-order valence-corrected chi connectivity index (χ3v) is 4.31. The number of aryl methyl sites for hydroxylation is 1. The first-order chi connectivity index (χ1) is 11.0. The fourth-order valence-electron chi connectivity index (χ4n) is 1.78. The van der Waals surface area contributed by atoms with Gasteiger partial charge in [-0.1, -0.05) is 23.7 Å². The van der Waals surface area contributed by atoms with Crippen molar-refractivity contribution in [3.05, 3.63) is 45.4 Å². The van der Waals surface area contributed by atoms with Gasteiger partial charge in [0.1, 0.15) is 6.54 Å². The normalized spacial score (nSPS) is 10.2. The minimum atomic E-state index is -0.656. The number of hydrogen-bond acceptors (Lipinski definition) is 5. The van der Waals surface area contributed by atoms with E-state index in [0.717, 1.165) is 21.0 Å².